The van der Waals surface area contributed by atoms with Crippen molar-refractivity contribution in [3.05, 3.63) is 39.9 Å². The van der Waals surface area contributed by atoms with Crippen LogP contribution in [-0.2, 0) is 6.54 Å². The van der Waals surface area contributed by atoms with Gasteiger partial charge in [-0.15, -0.1) is 0 Å². The monoisotopic (exact) mass is 265 g/mol. The Kier molecular flexibility index (Phi) is 7.07. The van der Waals surface area contributed by atoms with Crippen LogP contribution in [0.3, 0.4) is 0 Å². The van der Waals surface area contributed by atoms with Gasteiger partial charge in [0, 0.05) is 18.7 Å². The Hall–Kier alpha value is -1.46. The van der Waals surface area contributed by atoms with Gasteiger partial charge in [-0.05, 0) is 37.4 Å². The fraction of sp³-hybridized carbons (Fsp3) is 0.571. The van der Waals surface area contributed by atoms with Crippen LogP contribution in [0.25, 0.3) is 0 Å². The topological polar surface area (TPSA) is 81.2 Å². The summed E-state index contributed by atoms with van der Waals surface area (Å²) in [5, 5.41) is 14.0. The van der Waals surface area contributed by atoms with E-state index in [4.69, 9.17) is 5.73 Å². The Morgan fingerprint density at radius 3 is 2.84 bits per heavy atom. The average Bonchev–Trinajstić information content (AvgIpc) is 2.42. The fourth-order valence-corrected chi connectivity index (χ4v) is 2.11. The van der Waals surface area contributed by atoms with E-state index in [0.29, 0.717) is 12.5 Å². The van der Waals surface area contributed by atoms with Crippen molar-refractivity contribution in [3.63, 3.8) is 0 Å². The van der Waals surface area contributed by atoms with Gasteiger partial charge in [0.05, 0.1) is 4.92 Å². The fourth-order valence-electron chi connectivity index (χ4n) is 2.11. The molecule has 1 unspecified atom stereocenters. The quantitative estimate of drug-likeness (QED) is 0.408. The third-order valence-corrected chi connectivity index (χ3v) is 3.33. The smallest absolute Gasteiger partial charge is 0.269 e. The maximum Gasteiger partial charge on any atom is 0.269 e. The van der Waals surface area contributed by atoms with E-state index in [1.54, 1.807) is 12.1 Å². The van der Waals surface area contributed by atoms with Crippen LogP contribution >= 0.6 is 0 Å². The first-order valence-corrected chi connectivity index (χ1v) is 6.81. The van der Waals surface area contributed by atoms with Crippen molar-refractivity contribution in [2.45, 2.75) is 32.7 Å². The zero-order valence-electron chi connectivity index (χ0n) is 11.5. The Morgan fingerprint density at radius 2 is 2.21 bits per heavy atom. The number of nitrogens with two attached hydrogens (primary N) is 1. The van der Waals surface area contributed by atoms with Gasteiger partial charge in [0.25, 0.3) is 5.69 Å². The molecule has 0 radical (unpaired) electrons. The van der Waals surface area contributed by atoms with Crippen molar-refractivity contribution in [3.8, 4) is 0 Å². The van der Waals surface area contributed by atoms with Crippen LogP contribution in [0.15, 0.2) is 24.3 Å². The molecular weight excluding hydrogens is 242 g/mol. The number of benzene rings is 1. The molecule has 0 spiro atoms. The summed E-state index contributed by atoms with van der Waals surface area (Å²) in [5.74, 6) is 0.669. The standard InChI is InChI=1S/C14H23N3O2/c1-2-12(6-8-15)7-9-16-11-13-4-3-5-14(10-13)17(18)19/h3-5,10,12,16H,2,6-9,11,15H2,1H3. The van der Waals surface area contributed by atoms with E-state index in [9.17, 15) is 10.1 Å². The van der Waals surface area contributed by atoms with Crippen molar-refractivity contribution in [1.82, 2.24) is 5.32 Å². The van der Waals surface area contributed by atoms with E-state index >= 15 is 0 Å². The SMILES string of the molecule is CCC(CCN)CCNCc1cccc([N+](=O)[O-])c1. The van der Waals surface area contributed by atoms with Crippen molar-refractivity contribution in [1.29, 1.82) is 0 Å². The predicted molar refractivity (Wildman–Crippen MR) is 76.9 cm³/mol. The summed E-state index contributed by atoms with van der Waals surface area (Å²) in [7, 11) is 0. The lowest BCUT2D eigenvalue weighted by molar-refractivity contribution is -0.384. The molecule has 3 N–H and O–H groups in total. The van der Waals surface area contributed by atoms with Crippen molar-refractivity contribution in [2.24, 2.45) is 11.7 Å². The third kappa shape index (κ3) is 5.81. The van der Waals surface area contributed by atoms with Crippen molar-refractivity contribution >= 4 is 5.69 Å². The summed E-state index contributed by atoms with van der Waals surface area (Å²) in [5.41, 5.74) is 6.65. The molecule has 1 atom stereocenters. The largest absolute Gasteiger partial charge is 0.330 e. The van der Waals surface area contributed by atoms with Gasteiger partial charge < -0.3 is 11.1 Å². The second-order valence-electron chi connectivity index (χ2n) is 4.74. The number of hydrogen-bond donors (Lipinski definition) is 2. The molecule has 0 bridgehead atoms. The minimum absolute atomic E-state index is 0.147. The average molecular weight is 265 g/mol. The minimum atomic E-state index is -0.363. The van der Waals surface area contributed by atoms with Gasteiger partial charge in [0.1, 0.15) is 0 Å². The molecule has 106 valence electrons. The number of nitrogens with one attached hydrogen (secondary N) is 1. The molecule has 0 saturated heterocycles. The Morgan fingerprint density at radius 1 is 1.42 bits per heavy atom. The summed E-state index contributed by atoms with van der Waals surface area (Å²) >= 11 is 0. The van der Waals surface area contributed by atoms with Crippen LogP contribution in [0.2, 0.25) is 0 Å². The van der Waals surface area contributed by atoms with Crippen LogP contribution in [0.1, 0.15) is 31.7 Å². The van der Waals surface area contributed by atoms with Gasteiger partial charge in [-0.2, -0.15) is 0 Å². The number of non-ortho nitro benzene ring substituents is 1. The minimum Gasteiger partial charge on any atom is -0.330 e. The molecule has 0 aliphatic heterocycles. The van der Waals surface area contributed by atoms with Gasteiger partial charge in [-0.1, -0.05) is 25.5 Å². The van der Waals surface area contributed by atoms with Crippen molar-refractivity contribution in [2.75, 3.05) is 13.1 Å². The molecule has 0 heterocycles. The van der Waals surface area contributed by atoms with Gasteiger partial charge in [0.15, 0.2) is 0 Å². The highest BCUT2D eigenvalue weighted by molar-refractivity contribution is 5.34. The van der Waals surface area contributed by atoms with Crippen LogP contribution in [0, 0.1) is 16.0 Å². The highest BCUT2D eigenvalue weighted by Crippen LogP contribution is 2.13. The third-order valence-electron chi connectivity index (χ3n) is 3.33. The molecule has 0 fully saturated rings. The molecule has 0 saturated carbocycles. The number of nitro benzene ring substituents is 1. The molecule has 0 amide bonds. The van der Waals surface area contributed by atoms with E-state index in [0.717, 1.165) is 37.9 Å². The molecule has 5 nitrogen and oxygen atoms in total. The van der Waals surface area contributed by atoms with E-state index < -0.39 is 0 Å². The Bertz CT molecular complexity index is 396. The summed E-state index contributed by atoms with van der Waals surface area (Å²) in [6, 6.07) is 6.75. The predicted octanol–water partition coefficient (Wildman–Crippen LogP) is 2.45. The Labute approximate surface area is 114 Å². The first kappa shape index (κ1) is 15.6. The molecule has 0 aromatic heterocycles. The summed E-state index contributed by atoms with van der Waals surface area (Å²) in [4.78, 5) is 10.3. The molecule has 5 heteroatoms. The van der Waals surface area contributed by atoms with Crippen LogP contribution < -0.4 is 11.1 Å². The maximum absolute atomic E-state index is 10.7. The molecule has 0 aliphatic carbocycles. The van der Waals surface area contributed by atoms with E-state index in [1.165, 1.54) is 6.07 Å². The number of hydrogen-bond acceptors (Lipinski definition) is 4. The summed E-state index contributed by atoms with van der Waals surface area (Å²) < 4.78 is 0. The number of nitrogens with zero attached hydrogens (tertiary/aromatic N) is 1. The lowest BCUT2D eigenvalue weighted by atomic mass is 9.98. The first-order chi connectivity index (χ1) is 9.17. The summed E-state index contributed by atoms with van der Waals surface area (Å²) in [6.45, 7) is 4.51. The normalized spacial score (nSPS) is 12.3. The van der Waals surface area contributed by atoms with Crippen molar-refractivity contribution < 1.29 is 4.92 Å². The first-order valence-electron chi connectivity index (χ1n) is 6.81. The van der Waals surface area contributed by atoms with Crippen LogP contribution in [0.4, 0.5) is 5.69 Å². The zero-order chi connectivity index (χ0) is 14.1. The van der Waals surface area contributed by atoms with E-state index in [-0.39, 0.29) is 10.6 Å². The molecular formula is C14H23N3O2. The number of nitro groups is 1. The van der Waals surface area contributed by atoms with Crippen LogP contribution in [0.5, 0.6) is 0 Å². The molecule has 1 rings (SSSR count). The zero-order valence-corrected chi connectivity index (χ0v) is 11.5. The second-order valence-corrected chi connectivity index (χ2v) is 4.74. The van der Waals surface area contributed by atoms with E-state index in [2.05, 4.69) is 12.2 Å². The highest BCUT2D eigenvalue weighted by Gasteiger charge is 2.06. The molecule has 1 aromatic rings. The van der Waals surface area contributed by atoms with Crippen LogP contribution in [-0.4, -0.2) is 18.0 Å². The van der Waals surface area contributed by atoms with Gasteiger partial charge in [-0.25, -0.2) is 0 Å². The highest BCUT2D eigenvalue weighted by atomic mass is 16.6. The molecule has 0 aliphatic rings. The lowest BCUT2D eigenvalue weighted by Crippen LogP contribution is -2.19. The van der Waals surface area contributed by atoms with Gasteiger partial charge >= 0.3 is 0 Å². The van der Waals surface area contributed by atoms with Gasteiger partial charge in [0.2, 0.25) is 0 Å². The van der Waals surface area contributed by atoms with Gasteiger partial charge in [-0.3, -0.25) is 10.1 Å². The maximum atomic E-state index is 10.7. The molecule has 19 heavy (non-hydrogen) atoms. The van der Waals surface area contributed by atoms with E-state index in [1.807, 2.05) is 6.07 Å². The summed E-state index contributed by atoms with van der Waals surface area (Å²) in [6.07, 6.45) is 3.31. The Balaban J connectivity index is 2.33. The lowest BCUT2D eigenvalue weighted by Gasteiger charge is -2.13. The second kappa shape index (κ2) is 8.61. The molecule has 1 aromatic carbocycles. The number of rotatable bonds is 9.